The summed E-state index contributed by atoms with van der Waals surface area (Å²) in [5.41, 5.74) is 5.75. The largest absolute Gasteiger partial charge is 0.367 e. The lowest BCUT2D eigenvalue weighted by Gasteiger charge is -2.28. The molecule has 1 aromatic carbocycles. The number of hydrogen-bond acceptors (Lipinski definition) is 3. The number of anilines is 1. The molecule has 2 rings (SSSR count). The van der Waals surface area contributed by atoms with Gasteiger partial charge in [-0.3, -0.25) is 9.78 Å². The number of nitrogens with two attached hydrogens (primary N) is 1. The van der Waals surface area contributed by atoms with Crippen molar-refractivity contribution in [3.63, 3.8) is 0 Å². The van der Waals surface area contributed by atoms with Crippen molar-refractivity contribution in [1.82, 2.24) is 4.98 Å². The number of benzene rings is 1. The van der Waals surface area contributed by atoms with E-state index in [1.807, 2.05) is 6.07 Å². The topological polar surface area (TPSA) is 68.0 Å². The lowest BCUT2D eigenvalue weighted by Crippen LogP contribution is -2.45. The molecule has 19 heavy (non-hydrogen) atoms. The first-order valence-electron chi connectivity index (χ1n) is 5.77. The Hall–Kier alpha value is -2.07. The molecule has 1 atom stereocenters. The number of pyridine rings is 1. The molecule has 1 amide bonds. The van der Waals surface area contributed by atoms with E-state index < -0.39 is 11.4 Å². The Morgan fingerprint density at radius 1 is 1.26 bits per heavy atom. The van der Waals surface area contributed by atoms with Crippen LogP contribution < -0.4 is 11.1 Å². The molecule has 1 unspecified atom stereocenters. The average molecular weight is 276 g/mol. The van der Waals surface area contributed by atoms with Crippen LogP contribution in [0.4, 0.5) is 5.69 Å². The van der Waals surface area contributed by atoms with Crippen LogP contribution in [-0.2, 0) is 10.3 Å². The number of hydrogen-bond donors (Lipinski definition) is 2. The van der Waals surface area contributed by atoms with E-state index >= 15 is 0 Å². The predicted molar refractivity (Wildman–Crippen MR) is 75.9 cm³/mol. The number of carbonyl (C=O) groups is 1. The maximum Gasteiger partial charge on any atom is 0.249 e. The van der Waals surface area contributed by atoms with Gasteiger partial charge in [0.15, 0.2) is 5.54 Å². The van der Waals surface area contributed by atoms with Crippen LogP contribution in [0.25, 0.3) is 0 Å². The maximum absolute atomic E-state index is 11.8. The number of carbonyl (C=O) groups excluding carboxylic acids is 1. The highest BCUT2D eigenvalue weighted by molar-refractivity contribution is 6.30. The zero-order chi connectivity index (χ0) is 13.9. The summed E-state index contributed by atoms with van der Waals surface area (Å²) >= 11 is 5.83. The number of aromatic nitrogens is 1. The van der Waals surface area contributed by atoms with E-state index in [9.17, 15) is 4.79 Å². The first-order chi connectivity index (χ1) is 9.02. The van der Waals surface area contributed by atoms with Crippen molar-refractivity contribution in [2.24, 2.45) is 5.73 Å². The van der Waals surface area contributed by atoms with E-state index in [2.05, 4.69) is 10.3 Å². The van der Waals surface area contributed by atoms with Crippen LogP contribution in [0, 0.1) is 0 Å². The Balaban J connectivity index is 2.36. The molecule has 3 N–H and O–H groups in total. The third-order valence-corrected chi connectivity index (χ3v) is 3.16. The lowest BCUT2D eigenvalue weighted by molar-refractivity contribution is -0.122. The van der Waals surface area contributed by atoms with Gasteiger partial charge in [-0.1, -0.05) is 17.7 Å². The molecule has 5 heteroatoms. The third kappa shape index (κ3) is 2.85. The summed E-state index contributed by atoms with van der Waals surface area (Å²) in [6.07, 6.45) is 1.63. The summed E-state index contributed by atoms with van der Waals surface area (Å²) in [6, 6.07) is 12.4. The normalized spacial score (nSPS) is 13.6. The summed E-state index contributed by atoms with van der Waals surface area (Å²) in [5.74, 6) is -0.499. The van der Waals surface area contributed by atoms with Crippen molar-refractivity contribution in [3.8, 4) is 0 Å². The number of nitrogens with zero attached hydrogens (tertiary/aromatic N) is 1. The summed E-state index contributed by atoms with van der Waals surface area (Å²) < 4.78 is 0. The second kappa shape index (κ2) is 5.28. The van der Waals surface area contributed by atoms with E-state index in [1.165, 1.54) is 0 Å². The number of amides is 1. The van der Waals surface area contributed by atoms with Gasteiger partial charge in [-0.15, -0.1) is 0 Å². The van der Waals surface area contributed by atoms with Gasteiger partial charge < -0.3 is 11.1 Å². The van der Waals surface area contributed by atoms with Crippen LogP contribution in [0.1, 0.15) is 12.6 Å². The first-order valence-corrected chi connectivity index (χ1v) is 6.15. The van der Waals surface area contributed by atoms with Gasteiger partial charge in [0.1, 0.15) is 0 Å². The Kier molecular flexibility index (Phi) is 3.71. The third-order valence-electron chi connectivity index (χ3n) is 2.91. The van der Waals surface area contributed by atoms with Crippen molar-refractivity contribution in [1.29, 1.82) is 0 Å². The summed E-state index contributed by atoms with van der Waals surface area (Å²) in [5, 5.41) is 3.73. The number of rotatable bonds is 4. The maximum atomic E-state index is 11.8. The van der Waals surface area contributed by atoms with E-state index in [1.54, 1.807) is 49.5 Å². The molecule has 2 aromatic rings. The highest BCUT2D eigenvalue weighted by atomic mass is 35.5. The molecule has 4 nitrogen and oxygen atoms in total. The second-order valence-electron chi connectivity index (χ2n) is 4.34. The minimum absolute atomic E-state index is 0.499. The van der Waals surface area contributed by atoms with Crippen molar-refractivity contribution in [3.05, 3.63) is 59.4 Å². The highest BCUT2D eigenvalue weighted by Crippen LogP contribution is 2.25. The van der Waals surface area contributed by atoms with Gasteiger partial charge in [0.05, 0.1) is 5.69 Å². The fraction of sp³-hybridized carbons (Fsp3) is 0.143. The van der Waals surface area contributed by atoms with E-state index in [4.69, 9.17) is 17.3 Å². The van der Waals surface area contributed by atoms with Crippen LogP contribution in [-0.4, -0.2) is 10.9 Å². The van der Waals surface area contributed by atoms with Gasteiger partial charge in [-0.05, 0) is 43.3 Å². The fourth-order valence-corrected chi connectivity index (χ4v) is 1.86. The van der Waals surface area contributed by atoms with Gasteiger partial charge in [-0.25, -0.2) is 0 Å². The van der Waals surface area contributed by atoms with Crippen LogP contribution in [0.15, 0.2) is 48.7 Å². The zero-order valence-corrected chi connectivity index (χ0v) is 11.2. The molecular weight excluding hydrogens is 262 g/mol. The number of halogens is 1. The first kappa shape index (κ1) is 13.4. The van der Waals surface area contributed by atoms with E-state index in [-0.39, 0.29) is 0 Å². The van der Waals surface area contributed by atoms with Gasteiger partial charge in [0, 0.05) is 16.9 Å². The van der Waals surface area contributed by atoms with Crippen LogP contribution in [0.2, 0.25) is 5.02 Å². The van der Waals surface area contributed by atoms with Gasteiger partial charge >= 0.3 is 0 Å². The second-order valence-corrected chi connectivity index (χ2v) is 4.77. The van der Waals surface area contributed by atoms with Crippen molar-refractivity contribution in [2.45, 2.75) is 12.5 Å². The van der Waals surface area contributed by atoms with Gasteiger partial charge in [-0.2, -0.15) is 0 Å². The molecule has 1 heterocycles. The number of nitrogens with one attached hydrogen (secondary N) is 1. The predicted octanol–water partition coefficient (Wildman–Crippen LogP) is 2.55. The van der Waals surface area contributed by atoms with E-state index in [0.29, 0.717) is 10.7 Å². The minimum atomic E-state index is -1.07. The smallest absolute Gasteiger partial charge is 0.249 e. The molecule has 0 fully saturated rings. The Morgan fingerprint density at radius 3 is 2.47 bits per heavy atom. The van der Waals surface area contributed by atoms with Crippen molar-refractivity contribution in [2.75, 3.05) is 5.32 Å². The molecule has 0 aliphatic carbocycles. The van der Waals surface area contributed by atoms with Crippen LogP contribution in [0.5, 0.6) is 0 Å². The summed E-state index contributed by atoms with van der Waals surface area (Å²) in [4.78, 5) is 16.0. The Bertz CT molecular complexity index is 571. The van der Waals surface area contributed by atoms with Crippen molar-refractivity contribution >= 4 is 23.2 Å². The minimum Gasteiger partial charge on any atom is -0.367 e. The molecule has 98 valence electrons. The lowest BCUT2D eigenvalue weighted by atomic mass is 9.95. The van der Waals surface area contributed by atoms with E-state index in [0.717, 1.165) is 5.69 Å². The Morgan fingerprint density at radius 2 is 1.95 bits per heavy atom. The molecule has 0 radical (unpaired) electrons. The summed E-state index contributed by atoms with van der Waals surface area (Å²) in [6.45, 7) is 1.70. The van der Waals surface area contributed by atoms with Gasteiger partial charge in [0.25, 0.3) is 0 Å². The molecule has 1 aromatic heterocycles. The molecule has 0 aliphatic rings. The quantitative estimate of drug-likeness (QED) is 0.901. The van der Waals surface area contributed by atoms with Crippen LogP contribution in [0.3, 0.4) is 0 Å². The molecular formula is C14H14ClN3O. The molecule has 0 spiro atoms. The molecule has 0 bridgehead atoms. The van der Waals surface area contributed by atoms with Crippen LogP contribution >= 0.6 is 11.6 Å². The standard InChI is InChI=1S/C14H14ClN3O/c1-14(13(16)19,12-4-2-3-9-17-12)18-11-7-5-10(15)6-8-11/h2-9,18H,1H3,(H2,16,19). The fourth-order valence-electron chi connectivity index (χ4n) is 1.73. The summed E-state index contributed by atoms with van der Waals surface area (Å²) in [7, 11) is 0. The zero-order valence-electron chi connectivity index (χ0n) is 10.4. The molecule has 0 aliphatic heterocycles. The molecule has 0 saturated carbocycles. The Labute approximate surface area is 116 Å². The van der Waals surface area contributed by atoms with Crippen molar-refractivity contribution < 1.29 is 4.79 Å². The average Bonchev–Trinajstić information content (AvgIpc) is 2.42. The molecule has 0 saturated heterocycles. The monoisotopic (exact) mass is 275 g/mol. The SMILES string of the molecule is CC(Nc1ccc(Cl)cc1)(C(N)=O)c1ccccn1. The highest BCUT2D eigenvalue weighted by Gasteiger charge is 2.34. The van der Waals surface area contributed by atoms with Gasteiger partial charge in [0.2, 0.25) is 5.91 Å². The number of primary amides is 1.